The monoisotopic (exact) mass is 615 g/mol. The summed E-state index contributed by atoms with van der Waals surface area (Å²) in [4.78, 5) is 40.8. The van der Waals surface area contributed by atoms with Gasteiger partial charge in [0, 0.05) is 10.9 Å². The molecule has 9 nitrogen and oxygen atoms in total. The maximum atomic E-state index is 13.5. The van der Waals surface area contributed by atoms with Crippen LogP contribution in [-0.2, 0) is 28.9 Å². The van der Waals surface area contributed by atoms with Gasteiger partial charge >= 0.3 is 5.97 Å². The maximum absolute atomic E-state index is 13.5. The summed E-state index contributed by atoms with van der Waals surface area (Å²) in [5, 5.41) is 17.6. The van der Waals surface area contributed by atoms with Crippen LogP contribution in [0.25, 0.3) is 0 Å². The largest absolute Gasteiger partial charge is 0.462 e. The molecule has 2 aliphatic carbocycles. The van der Waals surface area contributed by atoms with Crippen molar-refractivity contribution in [3.05, 3.63) is 44.2 Å². The van der Waals surface area contributed by atoms with E-state index >= 15 is 0 Å². The van der Waals surface area contributed by atoms with E-state index in [1.165, 1.54) is 45.7 Å². The number of nitrogens with one attached hydrogen (secondary N) is 2. The summed E-state index contributed by atoms with van der Waals surface area (Å²) in [6, 6.07) is 3.88. The van der Waals surface area contributed by atoms with Crippen LogP contribution >= 0.6 is 34.4 Å². The number of nitrogens with zero attached hydrogens (tertiary/aromatic N) is 3. The van der Waals surface area contributed by atoms with Crippen molar-refractivity contribution < 1.29 is 19.1 Å². The molecule has 0 spiro atoms. The number of ether oxygens (including phenoxy) is 1. The third-order valence-corrected chi connectivity index (χ3v) is 10.7. The van der Waals surface area contributed by atoms with E-state index in [2.05, 4.69) is 25.4 Å². The molecule has 0 bridgehead atoms. The molecule has 0 radical (unpaired) electrons. The molecule has 0 aromatic carbocycles. The van der Waals surface area contributed by atoms with Crippen LogP contribution in [-0.4, -0.2) is 44.4 Å². The second kappa shape index (κ2) is 14.0. The number of carbonyl (C=O) groups is 3. The summed E-state index contributed by atoms with van der Waals surface area (Å²) >= 11 is 4.27. The number of thiophene rings is 2. The van der Waals surface area contributed by atoms with Crippen molar-refractivity contribution in [3.8, 4) is 0 Å². The zero-order valence-corrected chi connectivity index (χ0v) is 26.0. The van der Waals surface area contributed by atoms with Gasteiger partial charge in [-0.3, -0.25) is 9.59 Å². The van der Waals surface area contributed by atoms with Crippen LogP contribution in [0.3, 0.4) is 0 Å². The van der Waals surface area contributed by atoms with Gasteiger partial charge < -0.3 is 19.9 Å². The fourth-order valence-electron chi connectivity index (χ4n) is 5.54. The topological polar surface area (TPSA) is 115 Å². The number of carbonyl (C=O) groups excluding carboxylic acids is 3. The number of hydrogen-bond acceptors (Lipinski definition) is 9. The molecule has 3 aromatic rings. The number of hydrogen-bond donors (Lipinski definition) is 2. The van der Waals surface area contributed by atoms with E-state index < -0.39 is 5.25 Å². The third kappa shape index (κ3) is 7.03. The molecule has 2 amide bonds. The van der Waals surface area contributed by atoms with Crippen LogP contribution in [0.5, 0.6) is 0 Å². The Morgan fingerprint density at radius 1 is 1.12 bits per heavy atom. The van der Waals surface area contributed by atoms with Crippen LogP contribution in [0.15, 0.2) is 22.7 Å². The zero-order valence-electron chi connectivity index (χ0n) is 23.6. The van der Waals surface area contributed by atoms with Crippen molar-refractivity contribution in [3.63, 3.8) is 0 Å². The predicted molar refractivity (Wildman–Crippen MR) is 163 cm³/mol. The summed E-state index contributed by atoms with van der Waals surface area (Å²) in [6.45, 7) is 4.20. The van der Waals surface area contributed by atoms with Gasteiger partial charge in [0.05, 0.1) is 28.8 Å². The summed E-state index contributed by atoms with van der Waals surface area (Å²) in [7, 11) is 0. The normalized spacial score (nSPS) is 16.4. The van der Waals surface area contributed by atoms with Gasteiger partial charge in [-0.1, -0.05) is 43.5 Å². The average Bonchev–Trinajstić information content (AvgIpc) is 3.69. The number of esters is 1. The average molecular weight is 616 g/mol. The lowest BCUT2D eigenvalue weighted by Gasteiger charge is -2.26. The van der Waals surface area contributed by atoms with Gasteiger partial charge in [0.25, 0.3) is 5.91 Å². The van der Waals surface area contributed by atoms with Gasteiger partial charge in [0.1, 0.15) is 5.00 Å². The number of thioether (sulfide) groups is 1. The number of aromatic nitrogens is 3. The Morgan fingerprint density at radius 3 is 2.66 bits per heavy atom. The van der Waals surface area contributed by atoms with Crippen molar-refractivity contribution in [2.24, 2.45) is 0 Å². The summed E-state index contributed by atoms with van der Waals surface area (Å²) in [6.07, 6.45) is 10.5. The summed E-state index contributed by atoms with van der Waals surface area (Å²) < 4.78 is 7.51. The molecule has 1 unspecified atom stereocenters. The Balaban J connectivity index is 1.33. The zero-order chi connectivity index (χ0) is 28.8. The van der Waals surface area contributed by atoms with E-state index in [-0.39, 0.29) is 37.0 Å². The fourth-order valence-corrected chi connectivity index (χ4v) is 8.40. The minimum atomic E-state index is -0.480. The summed E-state index contributed by atoms with van der Waals surface area (Å²) in [5.41, 5.74) is 1.56. The van der Waals surface area contributed by atoms with E-state index in [1.807, 2.05) is 18.4 Å². The maximum Gasteiger partial charge on any atom is 0.341 e. The lowest BCUT2D eigenvalue weighted by molar-refractivity contribution is -0.115. The second-order valence-electron chi connectivity index (χ2n) is 10.5. The molecular formula is C29H37N5O4S3. The molecule has 12 heteroatoms. The van der Waals surface area contributed by atoms with Crippen molar-refractivity contribution in [1.82, 2.24) is 20.1 Å². The molecule has 220 valence electrons. The highest BCUT2D eigenvalue weighted by Gasteiger charge is 2.30. The van der Waals surface area contributed by atoms with E-state index in [0.29, 0.717) is 26.4 Å². The Hall–Kier alpha value is -2.70. The van der Waals surface area contributed by atoms with Crippen LogP contribution < -0.4 is 10.6 Å². The van der Waals surface area contributed by atoms with Crippen molar-refractivity contribution in [1.29, 1.82) is 0 Å². The van der Waals surface area contributed by atoms with Crippen LogP contribution in [0.2, 0.25) is 0 Å². The molecule has 5 rings (SSSR count). The number of fused-ring (bicyclic) bond motifs is 1. The van der Waals surface area contributed by atoms with E-state index in [4.69, 9.17) is 4.74 Å². The molecule has 0 aliphatic heterocycles. The first-order valence-corrected chi connectivity index (χ1v) is 17.1. The van der Waals surface area contributed by atoms with Crippen molar-refractivity contribution in [2.75, 3.05) is 11.9 Å². The number of amides is 2. The van der Waals surface area contributed by atoms with Gasteiger partial charge in [-0.25, -0.2) is 4.79 Å². The molecule has 2 N–H and O–H groups in total. The quantitative estimate of drug-likeness (QED) is 0.154. The Bertz CT molecular complexity index is 1360. The molecule has 1 saturated carbocycles. The molecule has 3 aromatic heterocycles. The van der Waals surface area contributed by atoms with E-state index in [9.17, 15) is 14.4 Å². The molecule has 1 fully saturated rings. The summed E-state index contributed by atoms with van der Waals surface area (Å²) in [5.74, 6) is 0.00638. The van der Waals surface area contributed by atoms with Gasteiger partial charge in [-0.05, 0) is 69.4 Å². The molecule has 1 atom stereocenters. The number of aryl methyl sites for hydroxylation is 1. The SMILES string of the molecule is CCOC(=O)c1c(NC(=O)C(C)Sc2nnc(CNC(=O)c3cccs3)n2C2CCCCC2)sc2c1CCCCC2. The molecule has 0 saturated heterocycles. The highest BCUT2D eigenvalue weighted by molar-refractivity contribution is 8.00. The van der Waals surface area contributed by atoms with Crippen molar-refractivity contribution in [2.45, 2.75) is 101 Å². The van der Waals surface area contributed by atoms with Crippen molar-refractivity contribution >= 4 is 57.2 Å². The highest BCUT2D eigenvalue weighted by atomic mass is 32.2. The Labute approximate surface area is 252 Å². The first-order valence-electron chi connectivity index (χ1n) is 14.5. The van der Waals surface area contributed by atoms with Crippen LogP contribution in [0, 0.1) is 0 Å². The predicted octanol–water partition coefficient (Wildman–Crippen LogP) is 6.40. The van der Waals surface area contributed by atoms with E-state index in [0.717, 1.165) is 63.4 Å². The number of anilines is 1. The molecule has 2 aliphatic rings. The van der Waals surface area contributed by atoms with Gasteiger partial charge in [0.15, 0.2) is 11.0 Å². The Morgan fingerprint density at radius 2 is 1.90 bits per heavy atom. The lowest BCUT2D eigenvalue weighted by atomic mass is 9.95. The first kappa shape index (κ1) is 29.8. The smallest absolute Gasteiger partial charge is 0.341 e. The van der Waals surface area contributed by atoms with Gasteiger partial charge in [0.2, 0.25) is 5.91 Å². The van der Waals surface area contributed by atoms with Crippen LogP contribution in [0.4, 0.5) is 5.00 Å². The fraction of sp³-hybridized carbons (Fsp3) is 0.552. The second-order valence-corrected chi connectivity index (χ2v) is 13.8. The molecule has 41 heavy (non-hydrogen) atoms. The lowest BCUT2D eigenvalue weighted by Crippen LogP contribution is -2.26. The number of rotatable bonds is 10. The van der Waals surface area contributed by atoms with Gasteiger partial charge in [-0.2, -0.15) is 0 Å². The van der Waals surface area contributed by atoms with E-state index in [1.54, 1.807) is 13.0 Å². The first-order chi connectivity index (χ1) is 20.0. The molecule has 3 heterocycles. The van der Waals surface area contributed by atoms with Crippen LogP contribution in [0.1, 0.15) is 108 Å². The highest BCUT2D eigenvalue weighted by Crippen LogP contribution is 2.39. The van der Waals surface area contributed by atoms with Gasteiger partial charge in [-0.15, -0.1) is 32.9 Å². The minimum absolute atomic E-state index is 0.133. The minimum Gasteiger partial charge on any atom is -0.462 e. The third-order valence-electron chi connectivity index (χ3n) is 7.62. The Kier molecular flexibility index (Phi) is 10.2. The standard InChI is InChI=1S/C29H37N5O4S3/c1-3-38-28(37)24-20-13-8-5-9-14-21(20)41-27(24)31-25(35)18(2)40-29-33-32-23(34(29)19-11-6-4-7-12-19)17-30-26(36)22-15-10-16-39-22/h10,15-16,18-19H,3-9,11-14,17H2,1-2H3,(H,30,36)(H,31,35). The molecular weight excluding hydrogens is 579 g/mol.